The highest BCUT2D eigenvalue weighted by molar-refractivity contribution is 5.94. The molecule has 3 rings (SSSR count). The maximum Gasteiger partial charge on any atom is 0.224 e. The van der Waals surface area contributed by atoms with Crippen molar-refractivity contribution in [3.05, 3.63) is 59.4 Å². The van der Waals surface area contributed by atoms with Crippen molar-refractivity contribution >= 4 is 29.8 Å². The highest BCUT2D eigenvalue weighted by atomic mass is 16.2. The van der Waals surface area contributed by atoms with Crippen LogP contribution in [-0.2, 0) is 4.79 Å². The molecule has 1 aromatic carbocycles. The van der Waals surface area contributed by atoms with Crippen LogP contribution in [0.25, 0.3) is 5.70 Å². The lowest BCUT2D eigenvalue weighted by molar-refractivity contribution is -0.117. The van der Waals surface area contributed by atoms with E-state index in [0.717, 1.165) is 34.7 Å². The number of hydrogen-bond acceptors (Lipinski definition) is 5. The van der Waals surface area contributed by atoms with Crippen molar-refractivity contribution in [2.75, 3.05) is 10.2 Å². The molecule has 0 radical (unpaired) electrons. The van der Waals surface area contributed by atoms with Crippen molar-refractivity contribution in [3.63, 3.8) is 0 Å². The van der Waals surface area contributed by atoms with Gasteiger partial charge in [-0.15, -0.1) is 0 Å². The number of nitrogens with two attached hydrogens (primary N) is 1. The molecule has 1 aliphatic rings. The van der Waals surface area contributed by atoms with Gasteiger partial charge in [0.2, 0.25) is 5.91 Å². The first kappa shape index (κ1) is 18.6. The molecule has 2 heterocycles. The van der Waals surface area contributed by atoms with Gasteiger partial charge in [-0.3, -0.25) is 9.79 Å². The zero-order valence-corrected chi connectivity index (χ0v) is 15.9. The number of pyridine rings is 1. The summed E-state index contributed by atoms with van der Waals surface area (Å²) >= 11 is 0. The van der Waals surface area contributed by atoms with Gasteiger partial charge in [0.25, 0.3) is 0 Å². The second-order valence-electron chi connectivity index (χ2n) is 6.82. The van der Waals surface area contributed by atoms with E-state index in [1.807, 2.05) is 48.2 Å². The van der Waals surface area contributed by atoms with Gasteiger partial charge in [0, 0.05) is 36.1 Å². The Hall–Kier alpha value is -3.15. The maximum absolute atomic E-state index is 12.2. The van der Waals surface area contributed by atoms with Crippen molar-refractivity contribution in [3.8, 4) is 0 Å². The second kappa shape index (κ2) is 7.61. The molecule has 2 aromatic rings. The third-order valence-corrected chi connectivity index (χ3v) is 4.85. The maximum atomic E-state index is 12.2. The number of aliphatic imine (C=N–C) groups is 1. The van der Waals surface area contributed by atoms with Crippen molar-refractivity contribution < 1.29 is 4.79 Å². The summed E-state index contributed by atoms with van der Waals surface area (Å²) in [4.78, 5) is 22.6. The fraction of sp³-hybridized carbons (Fsp3) is 0.286. The van der Waals surface area contributed by atoms with Crippen LogP contribution in [0, 0.1) is 6.92 Å². The van der Waals surface area contributed by atoms with Crippen LogP contribution in [0.15, 0.2) is 47.6 Å². The Labute approximate surface area is 159 Å². The first-order valence-corrected chi connectivity index (χ1v) is 8.97. The van der Waals surface area contributed by atoms with E-state index in [9.17, 15) is 4.79 Å². The molecule has 6 nitrogen and oxygen atoms in total. The number of anilines is 2. The molecule has 2 atom stereocenters. The van der Waals surface area contributed by atoms with Gasteiger partial charge < -0.3 is 16.0 Å². The Bertz CT molecular complexity index is 905. The van der Waals surface area contributed by atoms with E-state index in [1.54, 1.807) is 6.92 Å². The van der Waals surface area contributed by atoms with E-state index >= 15 is 0 Å². The lowest BCUT2D eigenvalue weighted by Crippen LogP contribution is -2.43. The van der Waals surface area contributed by atoms with Crippen LogP contribution in [-0.4, -0.2) is 23.7 Å². The molecule has 0 saturated heterocycles. The van der Waals surface area contributed by atoms with E-state index in [-0.39, 0.29) is 18.0 Å². The molecule has 1 aliphatic heterocycles. The Morgan fingerprint density at radius 3 is 2.81 bits per heavy atom. The predicted molar refractivity (Wildman–Crippen MR) is 111 cm³/mol. The molecular weight excluding hydrogens is 338 g/mol. The van der Waals surface area contributed by atoms with Crippen molar-refractivity contribution in [2.24, 2.45) is 10.7 Å². The number of carbonyl (C=O) groups is 1. The molecule has 27 heavy (non-hydrogen) atoms. The molecule has 0 unspecified atom stereocenters. The molecule has 0 fully saturated rings. The quantitative estimate of drug-likeness (QED) is 0.812. The first-order chi connectivity index (χ1) is 12.9. The van der Waals surface area contributed by atoms with Gasteiger partial charge >= 0.3 is 0 Å². The summed E-state index contributed by atoms with van der Waals surface area (Å²) in [6.07, 6.45) is 2.21. The average Bonchev–Trinajstić information content (AvgIpc) is 2.62. The number of amides is 1. The number of carbonyl (C=O) groups excluding carboxylic acids is 1. The topological polar surface area (TPSA) is 83.6 Å². The molecule has 1 aromatic heterocycles. The lowest BCUT2D eigenvalue weighted by atomic mass is 9.89. The summed E-state index contributed by atoms with van der Waals surface area (Å²) in [6.45, 7) is 9.21. The summed E-state index contributed by atoms with van der Waals surface area (Å²) in [7, 11) is 0. The van der Waals surface area contributed by atoms with Gasteiger partial charge in [0.05, 0.1) is 11.7 Å². The van der Waals surface area contributed by atoms with E-state index in [1.165, 1.54) is 6.20 Å². The molecule has 0 aliphatic carbocycles. The van der Waals surface area contributed by atoms with Gasteiger partial charge in [0.15, 0.2) is 0 Å². The molecule has 0 saturated carbocycles. The number of nitrogens with one attached hydrogen (secondary N) is 1. The highest BCUT2D eigenvalue weighted by Gasteiger charge is 2.32. The number of fused-ring (bicyclic) bond motifs is 1. The number of benzene rings is 1. The van der Waals surface area contributed by atoms with Gasteiger partial charge in [0.1, 0.15) is 5.82 Å². The van der Waals surface area contributed by atoms with Crippen molar-refractivity contribution in [1.82, 2.24) is 4.98 Å². The fourth-order valence-electron chi connectivity index (χ4n) is 3.68. The standard InChI is InChI=1S/C21H25N5O/c1-13-6-5-7-21(24-13)25-18-10-14(2)26(15(3)27)20-9-8-16(11-17(18)20)19(12-22)23-4/h5-9,11-12,14,18H,4,10,22H2,1-3H3,(H,24,25)/b19-12-/t14-,18+/m0/s1. The SMILES string of the molecule is C=N/C(=C\N)c1ccc2c(c1)[C@H](Nc1cccc(C)n1)C[C@H](C)N2C(C)=O. The third-order valence-electron chi connectivity index (χ3n) is 4.85. The lowest BCUT2D eigenvalue weighted by Gasteiger charge is -2.39. The van der Waals surface area contributed by atoms with Gasteiger partial charge in [-0.1, -0.05) is 12.1 Å². The van der Waals surface area contributed by atoms with Crippen LogP contribution in [0.2, 0.25) is 0 Å². The largest absolute Gasteiger partial charge is 0.403 e. The monoisotopic (exact) mass is 363 g/mol. The van der Waals surface area contributed by atoms with Crippen LogP contribution < -0.4 is 16.0 Å². The van der Waals surface area contributed by atoms with E-state index in [4.69, 9.17) is 5.73 Å². The number of hydrogen-bond donors (Lipinski definition) is 2. The predicted octanol–water partition coefficient (Wildman–Crippen LogP) is 3.65. The van der Waals surface area contributed by atoms with E-state index in [0.29, 0.717) is 5.70 Å². The van der Waals surface area contributed by atoms with Crippen LogP contribution in [0.1, 0.15) is 43.1 Å². The number of rotatable bonds is 4. The molecule has 6 heteroatoms. The fourth-order valence-corrected chi connectivity index (χ4v) is 3.68. The van der Waals surface area contributed by atoms with E-state index < -0.39 is 0 Å². The summed E-state index contributed by atoms with van der Waals surface area (Å²) < 4.78 is 0. The molecule has 0 spiro atoms. The Morgan fingerprint density at radius 2 is 2.19 bits per heavy atom. The third kappa shape index (κ3) is 3.69. The smallest absolute Gasteiger partial charge is 0.224 e. The zero-order valence-electron chi connectivity index (χ0n) is 15.9. The summed E-state index contributed by atoms with van der Waals surface area (Å²) in [5, 5.41) is 3.52. The van der Waals surface area contributed by atoms with Gasteiger partial charge in [-0.05, 0) is 56.8 Å². The summed E-state index contributed by atoms with van der Waals surface area (Å²) in [5.41, 5.74) is 10.0. The average molecular weight is 363 g/mol. The normalized spacial score (nSPS) is 19.4. The van der Waals surface area contributed by atoms with Crippen LogP contribution in [0.4, 0.5) is 11.5 Å². The molecule has 1 amide bonds. The Kier molecular flexibility index (Phi) is 5.26. The zero-order chi connectivity index (χ0) is 19.6. The molecule has 140 valence electrons. The molecule has 3 N–H and O–H groups in total. The van der Waals surface area contributed by atoms with Crippen LogP contribution in [0.5, 0.6) is 0 Å². The number of nitrogens with zero attached hydrogens (tertiary/aromatic N) is 3. The first-order valence-electron chi connectivity index (χ1n) is 8.97. The van der Waals surface area contributed by atoms with Gasteiger partial charge in [-0.25, -0.2) is 4.98 Å². The highest BCUT2D eigenvalue weighted by Crippen LogP contribution is 2.40. The Morgan fingerprint density at radius 1 is 1.41 bits per heavy atom. The number of aromatic nitrogens is 1. The van der Waals surface area contributed by atoms with Crippen molar-refractivity contribution in [1.29, 1.82) is 0 Å². The van der Waals surface area contributed by atoms with Crippen LogP contribution in [0.3, 0.4) is 0 Å². The summed E-state index contributed by atoms with van der Waals surface area (Å²) in [6, 6.07) is 11.9. The minimum atomic E-state index is 0.0173. The number of aryl methyl sites for hydroxylation is 1. The summed E-state index contributed by atoms with van der Waals surface area (Å²) in [5.74, 6) is 0.844. The second-order valence-corrected chi connectivity index (χ2v) is 6.82. The minimum absolute atomic E-state index is 0.0173. The minimum Gasteiger partial charge on any atom is -0.403 e. The van der Waals surface area contributed by atoms with Crippen LogP contribution >= 0.6 is 0 Å². The Balaban J connectivity index is 2.08. The van der Waals surface area contributed by atoms with E-state index in [2.05, 4.69) is 28.9 Å². The molecule has 0 bridgehead atoms. The van der Waals surface area contributed by atoms with Gasteiger partial charge in [-0.2, -0.15) is 0 Å². The molecular formula is C21H25N5O. The van der Waals surface area contributed by atoms with Crippen molar-refractivity contribution in [2.45, 2.75) is 39.3 Å².